The van der Waals surface area contributed by atoms with E-state index in [1.807, 2.05) is 0 Å². The quantitative estimate of drug-likeness (QED) is 0.284. The minimum absolute atomic E-state index is 0.00347. The summed E-state index contributed by atoms with van der Waals surface area (Å²) in [5, 5.41) is 11.0. The van der Waals surface area contributed by atoms with E-state index in [0.717, 1.165) is 12.8 Å². The number of nitrogens with two attached hydrogens (primary N) is 1. The van der Waals surface area contributed by atoms with E-state index >= 15 is 0 Å². The first-order valence-electron chi connectivity index (χ1n) is 4.37. The fraction of sp³-hybridized carbons (Fsp3) is 0.750. The highest BCUT2D eigenvalue weighted by molar-refractivity contribution is 5.98. The summed E-state index contributed by atoms with van der Waals surface area (Å²) in [6.07, 6.45) is 3.33. The summed E-state index contributed by atoms with van der Waals surface area (Å²) in [4.78, 5) is 13.1. The summed E-state index contributed by atoms with van der Waals surface area (Å²) in [7, 11) is 1.76. The van der Waals surface area contributed by atoms with Crippen LogP contribution in [0, 0.1) is 0 Å². The Morgan fingerprint density at radius 3 is 2.69 bits per heavy atom. The Balaban J connectivity index is 2.37. The van der Waals surface area contributed by atoms with Gasteiger partial charge in [-0.2, -0.15) is 0 Å². The Morgan fingerprint density at radius 2 is 2.31 bits per heavy atom. The molecule has 0 aromatic heterocycles. The molecule has 1 rings (SSSR count). The van der Waals surface area contributed by atoms with Gasteiger partial charge in [0.15, 0.2) is 0 Å². The van der Waals surface area contributed by atoms with Crippen molar-refractivity contribution in [3.05, 3.63) is 0 Å². The van der Waals surface area contributed by atoms with E-state index in [1.165, 1.54) is 6.42 Å². The van der Waals surface area contributed by atoms with E-state index in [2.05, 4.69) is 5.16 Å². The van der Waals surface area contributed by atoms with Gasteiger partial charge in [0.25, 0.3) is 0 Å². The molecule has 1 aliphatic carbocycles. The lowest BCUT2D eigenvalue weighted by Gasteiger charge is -2.34. The van der Waals surface area contributed by atoms with E-state index in [0.29, 0.717) is 6.04 Å². The zero-order chi connectivity index (χ0) is 9.84. The predicted octanol–water partition coefficient (Wildman–Crippen LogP) is 0.134. The summed E-state index contributed by atoms with van der Waals surface area (Å²) < 4.78 is 0. The molecule has 0 aliphatic heterocycles. The van der Waals surface area contributed by atoms with Crippen molar-refractivity contribution in [3.8, 4) is 0 Å². The maximum Gasteiger partial charge on any atom is 0.230 e. The van der Waals surface area contributed by atoms with Gasteiger partial charge in [0.2, 0.25) is 5.91 Å². The van der Waals surface area contributed by atoms with Gasteiger partial charge in [-0.1, -0.05) is 5.16 Å². The van der Waals surface area contributed by atoms with Gasteiger partial charge >= 0.3 is 0 Å². The zero-order valence-corrected chi connectivity index (χ0v) is 7.73. The molecule has 0 radical (unpaired) electrons. The van der Waals surface area contributed by atoms with Crippen LogP contribution in [0.1, 0.15) is 25.7 Å². The van der Waals surface area contributed by atoms with Crippen LogP contribution >= 0.6 is 0 Å². The normalized spacial score (nSPS) is 18.1. The molecule has 13 heavy (non-hydrogen) atoms. The van der Waals surface area contributed by atoms with Gasteiger partial charge in [-0.3, -0.25) is 4.79 Å². The number of rotatable bonds is 3. The van der Waals surface area contributed by atoms with Crippen molar-refractivity contribution in [2.24, 2.45) is 10.9 Å². The summed E-state index contributed by atoms with van der Waals surface area (Å²) in [5.74, 6) is -0.115. The third kappa shape index (κ3) is 2.34. The summed E-state index contributed by atoms with van der Waals surface area (Å²) in [6, 6.07) is 0.360. The Bertz CT molecular complexity index is 223. The Morgan fingerprint density at radius 1 is 1.69 bits per heavy atom. The van der Waals surface area contributed by atoms with Crippen molar-refractivity contribution in [1.82, 2.24) is 4.90 Å². The van der Waals surface area contributed by atoms with Crippen molar-refractivity contribution < 1.29 is 10.0 Å². The Labute approximate surface area is 77.2 Å². The maximum atomic E-state index is 11.4. The second-order valence-corrected chi connectivity index (χ2v) is 3.36. The fourth-order valence-electron chi connectivity index (χ4n) is 1.29. The second kappa shape index (κ2) is 4.11. The average Bonchev–Trinajstić information content (AvgIpc) is 2.00. The third-order valence-electron chi connectivity index (χ3n) is 2.48. The third-order valence-corrected chi connectivity index (χ3v) is 2.48. The molecule has 5 heteroatoms. The number of carbonyl (C=O) groups is 1. The topological polar surface area (TPSA) is 78.9 Å². The van der Waals surface area contributed by atoms with Gasteiger partial charge in [0, 0.05) is 13.1 Å². The van der Waals surface area contributed by atoms with Crippen LogP contribution in [0.25, 0.3) is 0 Å². The van der Waals surface area contributed by atoms with Gasteiger partial charge in [-0.15, -0.1) is 0 Å². The van der Waals surface area contributed by atoms with Crippen LogP contribution in [0.5, 0.6) is 0 Å². The van der Waals surface area contributed by atoms with Gasteiger partial charge in [0.05, 0.1) is 6.42 Å². The average molecular weight is 185 g/mol. The van der Waals surface area contributed by atoms with E-state index < -0.39 is 0 Å². The molecule has 1 aliphatic rings. The zero-order valence-electron chi connectivity index (χ0n) is 7.73. The van der Waals surface area contributed by atoms with Crippen molar-refractivity contribution >= 4 is 11.7 Å². The van der Waals surface area contributed by atoms with Crippen LogP contribution in [0.4, 0.5) is 0 Å². The largest absolute Gasteiger partial charge is 0.409 e. The molecule has 0 saturated heterocycles. The van der Waals surface area contributed by atoms with Gasteiger partial charge < -0.3 is 15.8 Å². The van der Waals surface area contributed by atoms with Crippen molar-refractivity contribution in [3.63, 3.8) is 0 Å². The van der Waals surface area contributed by atoms with Crippen LogP contribution in [0.2, 0.25) is 0 Å². The predicted molar refractivity (Wildman–Crippen MR) is 48.4 cm³/mol. The molecule has 3 N–H and O–H groups in total. The molecule has 0 bridgehead atoms. The number of carbonyl (C=O) groups excluding carboxylic acids is 1. The first-order chi connectivity index (χ1) is 6.15. The number of oxime groups is 1. The molecule has 0 aromatic carbocycles. The van der Waals surface area contributed by atoms with Crippen LogP contribution in [-0.2, 0) is 4.79 Å². The highest BCUT2D eigenvalue weighted by atomic mass is 16.4. The first-order valence-corrected chi connectivity index (χ1v) is 4.37. The van der Waals surface area contributed by atoms with Crippen LogP contribution < -0.4 is 5.73 Å². The van der Waals surface area contributed by atoms with Crippen molar-refractivity contribution in [1.29, 1.82) is 0 Å². The Hall–Kier alpha value is -1.26. The summed E-state index contributed by atoms with van der Waals surface area (Å²) in [5.41, 5.74) is 5.22. The molecular formula is C8H15N3O2. The highest BCUT2D eigenvalue weighted by Gasteiger charge is 2.25. The van der Waals surface area contributed by atoms with Crippen LogP contribution in [-0.4, -0.2) is 34.9 Å². The minimum atomic E-state index is -0.0833. The smallest absolute Gasteiger partial charge is 0.230 e. The summed E-state index contributed by atoms with van der Waals surface area (Å²) in [6.45, 7) is 0. The molecular weight excluding hydrogens is 170 g/mol. The number of hydrogen-bond donors (Lipinski definition) is 2. The van der Waals surface area contributed by atoms with Gasteiger partial charge in [-0.05, 0) is 19.3 Å². The molecule has 0 aromatic rings. The number of amides is 1. The van der Waals surface area contributed by atoms with Crippen LogP contribution in [0.3, 0.4) is 0 Å². The standard InChI is InChI=1S/C8H15N3O2/c1-11(6-3-2-4-6)8(12)5-7(9)10-13/h6,13H,2-5H2,1H3,(H2,9,10). The fourth-order valence-corrected chi connectivity index (χ4v) is 1.29. The Kier molecular flexibility index (Phi) is 3.11. The lowest BCUT2D eigenvalue weighted by atomic mass is 9.92. The molecule has 0 heterocycles. The van der Waals surface area contributed by atoms with E-state index in [9.17, 15) is 4.79 Å². The molecule has 0 atom stereocenters. The lowest BCUT2D eigenvalue weighted by Crippen LogP contribution is -2.42. The SMILES string of the molecule is CN(C(=O)CC(N)=NO)C1CCC1. The molecule has 5 nitrogen and oxygen atoms in total. The number of nitrogens with zero attached hydrogens (tertiary/aromatic N) is 2. The maximum absolute atomic E-state index is 11.4. The molecule has 0 unspecified atom stereocenters. The molecule has 1 fully saturated rings. The summed E-state index contributed by atoms with van der Waals surface area (Å²) >= 11 is 0. The van der Waals surface area contributed by atoms with Crippen LogP contribution in [0.15, 0.2) is 5.16 Å². The van der Waals surface area contributed by atoms with E-state index in [4.69, 9.17) is 10.9 Å². The van der Waals surface area contributed by atoms with Gasteiger partial charge in [0.1, 0.15) is 5.84 Å². The molecule has 0 spiro atoms. The monoisotopic (exact) mass is 185 g/mol. The first kappa shape index (κ1) is 9.83. The van der Waals surface area contributed by atoms with Crippen molar-refractivity contribution in [2.75, 3.05) is 7.05 Å². The second-order valence-electron chi connectivity index (χ2n) is 3.36. The molecule has 1 amide bonds. The molecule has 74 valence electrons. The number of amidine groups is 1. The van der Waals surface area contributed by atoms with Gasteiger partial charge in [-0.25, -0.2) is 0 Å². The minimum Gasteiger partial charge on any atom is -0.409 e. The molecule has 1 saturated carbocycles. The van der Waals surface area contributed by atoms with Crippen molar-refractivity contribution in [2.45, 2.75) is 31.7 Å². The van der Waals surface area contributed by atoms with E-state index in [-0.39, 0.29) is 18.2 Å². The highest BCUT2D eigenvalue weighted by Crippen LogP contribution is 2.23. The lowest BCUT2D eigenvalue weighted by molar-refractivity contribution is -0.132. The van der Waals surface area contributed by atoms with E-state index in [1.54, 1.807) is 11.9 Å². The number of hydrogen-bond acceptors (Lipinski definition) is 3.